The first-order chi connectivity index (χ1) is 15.5. The monoisotopic (exact) mass is 430 g/mol. The van der Waals surface area contributed by atoms with Crippen LogP contribution in [0.5, 0.6) is 5.75 Å². The summed E-state index contributed by atoms with van der Waals surface area (Å²) < 4.78 is 11.4. The fourth-order valence-electron chi connectivity index (χ4n) is 2.99. The summed E-state index contributed by atoms with van der Waals surface area (Å²) in [6.07, 6.45) is 2.23. The molecule has 2 aromatic carbocycles. The summed E-state index contributed by atoms with van der Waals surface area (Å²) in [7, 11) is 0. The number of furan rings is 1. The average Bonchev–Trinajstić information content (AvgIpc) is 3.28. The quantitative estimate of drug-likeness (QED) is 0.265. The highest BCUT2D eigenvalue weighted by Gasteiger charge is 2.16. The molecule has 32 heavy (non-hydrogen) atoms. The van der Waals surface area contributed by atoms with E-state index in [1.165, 1.54) is 18.3 Å². The van der Waals surface area contributed by atoms with Gasteiger partial charge in [0.25, 0.3) is 11.6 Å². The van der Waals surface area contributed by atoms with Crippen LogP contribution in [-0.2, 0) is 4.79 Å². The minimum absolute atomic E-state index is 0.000393. The maximum Gasteiger partial charge on any atom is 0.280 e. The van der Waals surface area contributed by atoms with Crippen LogP contribution in [0.1, 0.15) is 12.7 Å². The van der Waals surface area contributed by atoms with Crippen molar-refractivity contribution in [2.24, 2.45) is 5.10 Å². The summed E-state index contributed by atoms with van der Waals surface area (Å²) in [5.74, 6) is 1.00. The van der Waals surface area contributed by atoms with Crippen LogP contribution < -0.4 is 10.2 Å². The van der Waals surface area contributed by atoms with Crippen molar-refractivity contribution in [1.29, 1.82) is 0 Å². The normalized spacial score (nSPS) is 12.0. The Hall–Kier alpha value is -4.53. The maximum atomic E-state index is 12.3. The fourth-order valence-corrected chi connectivity index (χ4v) is 2.99. The Morgan fingerprint density at radius 2 is 1.94 bits per heavy atom. The van der Waals surface area contributed by atoms with Gasteiger partial charge in [0.15, 0.2) is 6.10 Å². The predicted molar refractivity (Wildman–Crippen MR) is 118 cm³/mol. The maximum absolute atomic E-state index is 12.3. The highest BCUT2D eigenvalue weighted by atomic mass is 16.6. The van der Waals surface area contributed by atoms with Crippen molar-refractivity contribution >= 4 is 28.7 Å². The molecule has 0 saturated heterocycles. The lowest BCUT2D eigenvalue weighted by molar-refractivity contribution is -0.384. The number of nitro benzene ring substituents is 1. The highest BCUT2D eigenvalue weighted by Crippen LogP contribution is 2.25. The van der Waals surface area contributed by atoms with Gasteiger partial charge in [0.1, 0.15) is 22.8 Å². The van der Waals surface area contributed by atoms with Crippen molar-refractivity contribution in [2.75, 3.05) is 0 Å². The van der Waals surface area contributed by atoms with Crippen LogP contribution in [0.25, 0.3) is 22.2 Å². The van der Waals surface area contributed by atoms with Crippen molar-refractivity contribution in [3.63, 3.8) is 0 Å². The second-order valence-corrected chi connectivity index (χ2v) is 6.83. The van der Waals surface area contributed by atoms with Gasteiger partial charge < -0.3 is 9.15 Å². The third kappa shape index (κ3) is 4.62. The van der Waals surface area contributed by atoms with Crippen molar-refractivity contribution in [3.05, 3.63) is 88.8 Å². The van der Waals surface area contributed by atoms with E-state index >= 15 is 0 Å². The first-order valence-corrected chi connectivity index (χ1v) is 9.69. The molecule has 9 nitrogen and oxygen atoms in total. The van der Waals surface area contributed by atoms with Gasteiger partial charge in [0.05, 0.1) is 11.1 Å². The number of carbonyl (C=O) groups excluding carboxylic acids is 1. The summed E-state index contributed by atoms with van der Waals surface area (Å²) in [4.78, 5) is 26.9. The molecule has 4 rings (SSSR count). The molecule has 1 atom stereocenters. The topological polar surface area (TPSA) is 120 Å². The number of nitro groups is 1. The zero-order valence-corrected chi connectivity index (χ0v) is 17.0. The van der Waals surface area contributed by atoms with Gasteiger partial charge in [-0.2, -0.15) is 5.10 Å². The molecular formula is C23H18N4O5. The smallest absolute Gasteiger partial charge is 0.280 e. The molecule has 160 valence electrons. The van der Waals surface area contributed by atoms with Crippen LogP contribution in [0.15, 0.2) is 82.4 Å². The van der Waals surface area contributed by atoms with Gasteiger partial charge in [-0.3, -0.25) is 19.9 Å². The highest BCUT2D eigenvalue weighted by molar-refractivity contribution is 5.86. The van der Waals surface area contributed by atoms with E-state index in [0.29, 0.717) is 28.4 Å². The second kappa shape index (κ2) is 9.09. The van der Waals surface area contributed by atoms with E-state index in [1.54, 1.807) is 43.5 Å². The molecular weight excluding hydrogens is 412 g/mol. The SMILES string of the molecule is CC(Oc1cccc2cccnc12)C(=O)N/N=C/c1ccc(-c2ccc([N+](=O)[O-])cc2)o1. The molecule has 1 N–H and O–H groups in total. The third-order valence-corrected chi connectivity index (χ3v) is 4.62. The van der Waals surface area contributed by atoms with E-state index in [-0.39, 0.29) is 5.69 Å². The van der Waals surface area contributed by atoms with Crippen molar-refractivity contribution in [1.82, 2.24) is 10.4 Å². The molecule has 2 aromatic heterocycles. The minimum Gasteiger partial charge on any atom is -0.479 e. The van der Waals surface area contributed by atoms with E-state index in [1.807, 2.05) is 24.3 Å². The Kier molecular flexibility index (Phi) is 5.89. The van der Waals surface area contributed by atoms with Crippen molar-refractivity contribution < 1.29 is 18.9 Å². The molecule has 0 aliphatic rings. The number of ether oxygens (including phenoxy) is 1. The molecule has 0 bridgehead atoms. The molecule has 0 aliphatic heterocycles. The lowest BCUT2D eigenvalue weighted by atomic mass is 10.1. The summed E-state index contributed by atoms with van der Waals surface area (Å²) >= 11 is 0. The molecule has 9 heteroatoms. The van der Waals surface area contributed by atoms with E-state index in [9.17, 15) is 14.9 Å². The van der Waals surface area contributed by atoms with Crippen LogP contribution in [0.4, 0.5) is 5.69 Å². The Morgan fingerprint density at radius 3 is 2.72 bits per heavy atom. The number of nitrogens with one attached hydrogen (secondary N) is 1. The number of hydrogen-bond acceptors (Lipinski definition) is 7. The third-order valence-electron chi connectivity index (χ3n) is 4.62. The number of non-ortho nitro benzene ring substituents is 1. The molecule has 0 aliphatic carbocycles. The number of rotatable bonds is 7. The average molecular weight is 430 g/mol. The standard InChI is InChI=1S/C23H18N4O5/c1-15(31-21-6-2-4-17-5-3-13-24-22(17)21)23(28)26-25-14-19-11-12-20(32-19)16-7-9-18(10-8-16)27(29)30/h2-15H,1H3,(H,26,28)/b25-14+. The van der Waals surface area contributed by atoms with Crippen molar-refractivity contribution in [3.8, 4) is 17.1 Å². The molecule has 2 heterocycles. The Bertz CT molecular complexity index is 1290. The van der Waals surface area contributed by atoms with Crippen LogP contribution >= 0.6 is 0 Å². The summed E-state index contributed by atoms with van der Waals surface area (Å²) in [6, 6.07) is 18.6. The van der Waals surface area contributed by atoms with Gasteiger partial charge >= 0.3 is 0 Å². The molecule has 1 amide bonds. The van der Waals surface area contributed by atoms with Gasteiger partial charge in [-0.15, -0.1) is 0 Å². The number of aromatic nitrogens is 1. The summed E-state index contributed by atoms with van der Waals surface area (Å²) in [5, 5.41) is 15.6. The van der Waals surface area contributed by atoms with Gasteiger partial charge in [-0.05, 0) is 43.3 Å². The number of hydrazone groups is 1. The number of benzene rings is 2. The number of hydrogen-bond donors (Lipinski definition) is 1. The van der Waals surface area contributed by atoms with Crippen LogP contribution in [0.3, 0.4) is 0 Å². The number of nitrogens with zero attached hydrogens (tertiary/aromatic N) is 3. The van der Waals surface area contributed by atoms with E-state index < -0.39 is 16.9 Å². The predicted octanol–water partition coefficient (Wildman–Crippen LogP) is 4.32. The van der Waals surface area contributed by atoms with Gasteiger partial charge in [0, 0.05) is 29.3 Å². The molecule has 0 fully saturated rings. The zero-order chi connectivity index (χ0) is 22.5. The Labute approximate surface area is 182 Å². The number of fused-ring (bicyclic) bond motifs is 1. The van der Waals surface area contributed by atoms with E-state index in [0.717, 1.165) is 5.39 Å². The van der Waals surface area contributed by atoms with E-state index in [4.69, 9.17) is 9.15 Å². The van der Waals surface area contributed by atoms with Gasteiger partial charge in [-0.25, -0.2) is 5.43 Å². The van der Waals surface area contributed by atoms with Gasteiger partial charge in [-0.1, -0.05) is 18.2 Å². The second-order valence-electron chi connectivity index (χ2n) is 6.83. The molecule has 0 spiro atoms. The first kappa shape index (κ1) is 20.7. The number of para-hydroxylation sites is 1. The molecule has 0 radical (unpaired) electrons. The van der Waals surface area contributed by atoms with Crippen molar-refractivity contribution in [2.45, 2.75) is 13.0 Å². The Balaban J connectivity index is 1.36. The van der Waals surface area contributed by atoms with Crippen LogP contribution in [0.2, 0.25) is 0 Å². The van der Waals surface area contributed by atoms with Gasteiger partial charge in [0.2, 0.25) is 0 Å². The van der Waals surface area contributed by atoms with E-state index in [2.05, 4.69) is 15.5 Å². The summed E-state index contributed by atoms with van der Waals surface area (Å²) in [5.41, 5.74) is 3.78. The first-order valence-electron chi connectivity index (χ1n) is 9.69. The number of amides is 1. The molecule has 0 saturated carbocycles. The largest absolute Gasteiger partial charge is 0.479 e. The molecule has 4 aromatic rings. The van der Waals surface area contributed by atoms with Crippen LogP contribution in [-0.4, -0.2) is 28.1 Å². The number of pyridine rings is 1. The van der Waals surface area contributed by atoms with Crippen LogP contribution in [0, 0.1) is 10.1 Å². The minimum atomic E-state index is -0.799. The lowest BCUT2D eigenvalue weighted by Gasteiger charge is -2.14. The lowest BCUT2D eigenvalue weighted by Crippen LogP contribution is -2.33. The summed E-state index contributed by atoms with van der Waals surface area (Å²) in [6.45, 7) is 1.62. The zero-order valence-electron chi connectivity index (χ0n) is 17.0. The fraction of sp³-hybridized carbons (Fsp3) is 0.0870. The Morgan fingerprint density at radius 1 is 1.16 bits per heavy atom. The molecule has 1 unspecified atom stereocenters. The number of carbonyl (C=O) groups is 1.